The molecule has 0 bridgehead atoms. The summed E-state index contributed by atoms with van der Waals surface area (Å²) in [6, 6.07) is 15.6. The normalized spacial score (nSPS) is 11.2. The van der Waals surface area contributed by atoms with E-state index in [1.54, 1.807) is 36.4 Å². The number of hydrogen-bond donors (Lipinski definition) is 4. The van der Waals surface area contributed by atoms with E-state index in [2.05, 4.69) is 4.52 Å². The number of hydrogen-bond acceptors (Lipinski definition) is 3. The summed E-state index contributed by atoms with van der Waals surface area (Å²) in [6.07, 6.45) is 0. The molecule has 0 aliphatic rings. The molecule has 0 fully saturated rings. The molecule has 2 aromatic carbocycles. The van der Waals surface area contributed by atoms with Crippen LogP contribution in [0.5, 0.6) is 5.75 Å². The van der Waals surface area contributed by atoms with Crippen LogP contribution in [0.2, 0.25) is 0 Å². The highest BCUT2D eigenvalue weighted by Gasteiger charge is 2.15. The monoisotopic (exact) mass is 332 g/mol. The van der Waals surface area contributed by atoms with Crippen LogP contribution in [0, 0.1) is 0 Å². The molecule has 0 amide bonds. The van der Waals surface area contributed by atoms with E-state index in [4.69, 9.17) is 19.6 Å². The zero-order chi connectivity index (χ0) is 15.9. The molecule has 2 rings (SSSR count). The highest BCUT2D eigenvalue weighted by molar-refractivity contribution is 7.60. The lowest BCUT2D eigenvalue weighted by atomic mass is 10.3. The first kappa shape index (κ1) is 17.6. The lowest BCUT2D eigenvalue weighted by Crippen LogP contribution is -2.01. The van der Waals surface area contributed by atoms with E-state index in [-0.39, 0.29) is 11.1 Å². The SMILES string of the molecule is O=P(O)(O)Oc1ccccc1.O=P(O)(O)c1ccccc1. The molecule has 4 N–H and O–H groups in total. The van der Waals surface area contributed by atoms with Crippen LogP contribution in [0.3, 0.4) is 0 Å². The largest absolute Gasteiger partial charge is 0.524 e. The molecule has 0 spiro atoms. The molecule has 21 heavy (non-hydrogen) atoms. The molecule has 0 heterocycles. The predicted molar refractivity (Wildman–Crippen MR) is 77.2 cm³/mol. The fraction of sp³-hybridized carbons (Fsp3) is 0. The second-order valence-electron chi connectivity index (χ2n) is 3.77. The lowest BCUT2D eigenvalue weighted by Gasteiger charge is -2.04. The molecule has 2 aromatic rings. The van der Waals surface area contributed by atoms with E-state index < -0.39 is 15.4 Å². The van der Waals surface area contributed by atoms with Crippen molar-refractivity contribution in [2.45, 2.75) is 0 Å². The van der Waals surface area contributed by atoms with Crippen LogP contribution in [0.1, 0.15) is 0 Å². The van der Waals surface area contributed by atoms with E-state index >= 15 is 0 Å². The summed E-state index contributed by atoms with van der Waals surface area (Å²) in [5.41, 5.74) is 0. The molecule has 9 heteroatoms. The van der Waals surface area contributed by atoms with E-state index in [1.165, 1.54) is 24.3 Å². The van der Waals surface area contributed by atoms with Crippen molar-refractivity contribution in [2.24, 2.45) is 0 Å². The van der Waals surface area contributed by atoms with Crippen molar-refractivity contribution < 1.29 is 33.2 Å². The van der Waals surface area contributed by atoms with Gasteiger partial charge in [0.15, 0.2) is 0 Å². The highest BCUT2D eigenvalue weighted by Crippen LogP contribution is 2.37. The standard InChI is InChI=1S/C6H7O4P.C6H7O3P/c7-11(8,9)10-6-4-2-1-3-5-6;7-10(8,9)6-4-2-1-3-5-6/h1-5H,(H2,7,8,9);1-5H,(H2,7,8,9). The number of para-hydroxylation sites is 1. The van der Waals surface area contributed by atoms with Gasteiger partial charge >= 0.3 is 15.4 Å². The first-order valence-electron chi connectivity index (χ1n) is 5.60. The fourth-order valence-corrected chi connectivity index (χ4v) is 2.20. The van der Waals surface area contributed by atoms with Crippen molar-refractivity contribution in [2.75, 3.05) is 0 Å². The van der Waals surface area contributed by atoms with Gasteiger partial charge in [0.2, 0.25) is 0 Å². The van der Waals surface area contributed by atoms with Crippen molar-refractivity contribution >= 4 is 20.7 Å². The van der Waals surface area contributed by atoms with E-state index in [9.17, 15) is 9.13 Å². The van der Waals surface area contributed by atoms with E-state index in [0.29, 0.717) is 0 Å². The van der Waals surface area contributed by atoms with Gasteiger partial charge < -0.3 is 14.3 Å². The Morgan fingerprint density at radius 3 is 1.48 bits per heavy atom. The maximum absolute atomic E-state index is 10.5. The average molecular weight is 332 g/mol. The first-order chi connectivity index (χ1) is 9.68. The van der Waals surface area contributed by atoms with Gasteiger partial charge in [0.05, 0.1) is 5.30 Å². The van der Waals surface area contributed by atoms with Crippen LogP contribution >= 0.6 is 15.4 Å². The quantitative estimate of drug-likeness (QED) is 0.630. The Hall–Kier alpha value is -1.46. The maximum atomic E-state index is 10.5. The van der Waals surface area contributed by atoms with Gasteiger partial charge in [-0.1, -0.05) is 36.4 Å². The number of benzene rings is 2. The minimum atomic E-state index is -4.39. The van der Waals surface area contributed by atoms with Gasteiger partial charge in [-0.25, -0.2) is 4.57 Å². The minimum Gasteiger partial charge on any atom is -0.404 e. The van der Waals surface area contributed by atoms with Gasteiger partial charge in [0.1, 0.15) is 5.75 Å². The van der Waals surface area contributed by atoms with Crippen molar-refractivity contribution in [3.05, 3.63) is 60.7 Å². The molecular weight excluding hydrogens is 318 g/mol. The summed E-state index contributed by atoms with van der Waals surface area (Å²) in [5.74, 6) is 0.167. The molecular formula is C12H14O7P2. The Kier molecular flexibility index (Phi) is 6.30. The average Bonchev–Trinajstić information content (AvgIpc) is 2.39. The maximum Gasteiger partial charge on any atom is 0.524 e. The molecule has 0 atom stereocenters. The van der Waals surface area contributed by atoms with E-state index in [0.717, 1.165) is 0 Å². The Balaban J connectivity index is 0.000000211. The molecule has 114 valence electrons. The summed E-state index contributed by atoms with van der Waals surface area (Å²) in [7, 11) is -8.41. The Labute approximate surface area is 121 Å². The Bertz CT molecular complexity index is 633. The molecule has 7 nitrogen and oxygen atoms in total. The van der Waals surface area contributed by atoms with E-state index in [1.807, 2.05) is 0 Å². The second-order valence-corrected chi connectivity index (χ2v) is 6.54. The minimum absolute atomic E-state index is 0.0648. The van der Waals surface area contributed by atoms with Gasteiger partial charge in [-0.15, -0.1) is 0 Å². The molecule has 0 unspecified atom stereocenters. The lowest BCUT2D eigenvalue weighted by molar-refractivity contribution is 0.283. The third-order valence-electron chi connectivity index (χ3n) is 2.06. The molecule has 0 aromatic heterocycles. The Morgan fingerprint density at radius 2 is 1.14 bits per heavy atom. The highest BCUT2D eigenvalue weighted by atomic mass is 31.2. The van der Waals surface area contributed by atoms with Gasteiger partial charge in [-0.05, 0) is 24.3 Å². The van der Waals surface area contributed by atoms with Crippen LogP contribution in [0.4, 0.5) is 0 Å². The van der Waals surface area contributed by atoms with Gasteiger partial charge in [-0.3, -0.25) is 14.4 Å². The molecule has 0 aliphatic heterocycles. The summed E-state index contributed by atoms with van der Waals surface area (Å²) in [4.78, 5) is 33.9. The summed E-state index contributed by atoms with van der Waals surface area (Å²) < 4.78 is 25.1. The van der Waals surface area contributed by atoms with Crippen LogP contribution in [-0.4, -0.2) is 19.6 Å². The Morgan fingerprint density at radius 1 is 0.714 bits per heavy atom. The third kappa shape index (κ3) is 7.78. The zero-order valence-corrected chi connectivity index (χ0v) is 12.5. The van der Waals surface area contributed by atoms with Gasteiger partial charge in [0, 0.05) is 0 Å². The molecule has 0 aliphatic carbocycles. The zero-order valence-electron chi connectivity index (χ0n) is 10.7. The second kappa shape index (κ2) is 7.52. The van der Waals surface area contributed by atoms with Crippen LogP contribution in [0.25, 0.3) is 0 Å². The number of phosphoric acid groups is 1. The third-order valence-corrected chi connectivity index (χ3v) is 3.48. The molecule has 0 radical (unpaired) electrons. The van der Waals surface area contributed by atoms with Gasteiger partial charge in [-0.2, -0.15) is 0 Å². The predicted octanol–water partition coefficient (Wildman–Crippen LogP) is 1.65. The summed E-state index contributed by atoms with van der Waals surface area (Å²) in [5, 5.41) is 0.0648. The number of phosphoric ester groups is 1. The smallest absolute Gasteiger partial charge is 0.404 e. The van der Waals surface area contributed by atoms with Crippen molar-refractivity contribution in [1.82, 2.24) is 0 Å². The fourth-order valence-electron chi connectivity index (χ4n) is 1.24. The number of rotatable bonds is 3. The van der Waals surface area contributed by atoms with Crippen LogP contribution < -0.4 is 9.83 Å². The van der Waals surface area contributed by atoms with Crippen LogP contribution in [0.15, 0.2) is 60.7 Å². The van der Waals surface area contributed by atoms with Crippen molar-refractivity contribution in [3.8, 4) is 5.75 Å². The molecule has 0 saturated heterocycles. The molecule has 0 saturated carbocycles. The van der Waals surface area contributed by atoms with Crippen LogP contribution in [-0.2, 0) is 9.13 Å². The summed E-state index contributed by atoms with van der Waals surface area (Å²) in [6.45, 7) is 0. The topological polar surface area (TPSA) is 124 Å². The van der Waals surface area contributed by atoms with Crippen molar-refractivity contribution in [3.63, 3.8) is 0 Å². The first-order valence-corrected chi connectivity index (χ1v) is 8.74. The summed E-state index contributed by atoms with van der Waals surface area (Å²) >= 11 is 0. The van der Waals surface area contributed by atoms with Crippen molar-refractivity contribution in [1.29, 1.82) is 0 Å². The van der Waals surface area contributed by atoms with Gasteiger partial charge in [0.25, 0.3) is 0 Å².